The van der Waals surface area contributed by atoms with E-state index in [1.54, 1.807) is 0 Å². The van der Waals surface area contributed by atoms with E-state index < -0.39 is 0 Å². The number of benzene rings is 1. The molecule has 2 aliphatic rings. The third-order valence-corrected chi connectivity index (χ3v) is 4.57. The maximum absolute atomic E-state index is 5.79. The van der Waals surface area contributed by atoms with Crippen LogP contribution in [0.5, 0.6) is 0 Å². The van der Waals surface area contributed by atoms with Gasteiger partial charge in [0.25, 0.3) is 0 Å². The second kappa shape index (κ2) is 4.43. The third-order valence-electron chi connectivity index (χ3n) is 4.57. The van der Waals surface area contributed by atoms with Crippen molar-refractivity contribution in [1.82, 2.24) is 5.43 Å². The molecule has 2 heteroatoms. The topological polar surface area (TPSA) is 38.0 Å². The highest BCUT2D eigenvalue weighted by atomic mass is 15.2. The Labute approximate surface area is 104 Å². The first kappa shape index (κ1) is 11.2. The summed E-state index contributed by atoms with van der Waals surface area (Å²) in [5.41, 5.74) is 4.90. The molecule has 17 heavy (non-hydrogen) atoms. The minimum absolute atomic E-state index is 0.338. The summed E-state index contributed by atoms with van der Waals surface area (Å²) in [6, 6.07) is 11.4. The summed E-state index contributed by atoms with van der Waals surface area (Å²) in [5, 5.41) is 0. The Hall–Kier alpha value is -0.860. The zero-order valence-electron chi connectivity index (χ0n) is 10.4. The molecule has 0 heterocycles. The van der Waals surface area contributed by atoms with Crippen LogP contribution < -0.4 is 11.3 Å². The van der Waals surface area contributed by atoms with Gasteiger partial charge >= 0.3 is 0 Å². The summed E-state index contributed by atoms with van der Waals surface area (Å²) in [4.78, 5) is 0. The number of hydrazine groups is 1. The number of rotatable bonds is 6. The normalized spacial score (nSPS) is 23.4. The smallest absolute Gasteiger partial charge is 0.0307 e. The number of hydrogen-bond donors (Lipinski definition) is 2. The van der Waals surface area contributed by atoms with Crippen LogP contribution in [0.3, 0.4) is 0 Å². The van der Waals surface area contributed by atoms with Crippen molar-refractivity contribution >= 4 is 0 Å². The van der Waals surface area contributed by atoms with E-state index in [0.717, 1.165) is 5.92 Å². The molecule has 0 spiro atoms. The number of hydrogen-bond acceptors (Lipinski definition) is 2. The lowest BCUT2D eigenvalue weighted by Crippen LogP contribution is -2.44. The number of nitrogens with one attached hydrogen (secondary N) is 1. The van der Waals surface area contributed by atoms with Crippen molar-refractivity contribution in [3.8, 4) is 0 Å². The lowest BCUT2D eigenvalue weighted by atomic mass is 9.85. The van der Waals surface area contributed by atoms with Gasteiger partial charge in [-0.25, -0.2) is 0 Å². The van der Waals surface area contributed by atoms with Crippen molar-refractivity contribution in [3.05, 3.63) is 35.9 Å². The quantitative estimate of drug-likeness (QED) is 0.582. The molecule has 0 aliphatic heterocycles. The molecule has 0 bridgehead atoms. The molecule has 2 nitrogen and oxygen atoms in total. The fourth-order valence-electron chi connectivity index (χ4n) is 3.07. The van der Waals surface area contributed by atoms with E-state index in [4.69, 9.17) is 5.84 Å². The van der Waals surface area contributed by atoms with E-state index in [-0.39, 0.29) is 0 Å². The van der Waals surface area contributed by atoms with Gasteiger partial charge < -0.3 is 0 Å². The van der Waals surface area contributed by atoms with Gasteiger partial charge in [0, 0.05) is 11.5 Å². The SMILES string of the molecule is NNC(CCC1CC1)C1(c2ccccc2)CC1. The second-order valence-electron chi connectivity index (χ2n) is 5.76. The zero-order valence-corrected chi connectivity index (χ0v) is 10.4. The van der Waals surface area contributed by atoms with Crippen LogP contribution in [0.15, 0.2) is 30.3 Å². The van der Waals surface area contributed by atoms with Gasteiger partial charge in [-0.2, -0.15) is 0 Å². The van der Waals surface area contributed by atoms with Crippen LogP contribution in [0.1, 0.15) is 44.1 Å². The number of nitrogens with two attached hydrogens (primary N) is 1. The van der Waals surface area contributed by atoms with Crippen molar-refractivity contribution in [2.24, 2.45) is 11.8 Å². The summed E-state index contributed by atoms with van der Waals surface area (Å²) >= 11 is 0. The van der Waals surface area contributed by atoms with Crippen LogP contribution in [0.4, 0.5) is 0 Å². The van der Waals surface area contributed by atoms with Crippen LogP contribution in [0.25, 0.3) is 0 Å². The van der Waals surface area contributed by atoms with Gasteiger partial charge in [0.05, 0.1) is 0 Å². The Balaban J connectivity index is 1.71. The van der Waals surface area contributed by atoms with Gasteiger partial charge in [-0.15, -0.1) is 0 Å². The molecule has 1 unspecified atom stereocenters. The van der Waals surface area contributed by atoms with Gasteiger partial charge in [0.15, 0.2) is 0 Å². The summed E-state index contributed by atoms with van der Waals surface area (Å²) in [7, 11) is 0. The Morgan fingerprint density at radius 1 is 1.24 bits per heavy atom. The summed E-state index contributed by atoms with van der Waals surface area (Å²) in [5.74, 6) is 6.79. The fraction of sp³-hybridized carbons (Fsp3) is 0.600. The first-order chi connectivity index (χ1) is 8.35. The van der Waals surface area contributed by atoms with Crippen molar-refractivity contribution in [2.75, 3.05) is 0 Å². The molecule has 92 valence electrons. The molecule has 1 aromatic carbocycles. The zero-order chi connectivity index (χ0) is 11.7. The van der Waals surface area contributed by atoms with Crippen molar-refractivity contribution in [1.29, 1.82) is 0 Å². The molecule has 0 amide bonds. The predicted molar refractivity (Wildman–Crippen MR) is 70.4 cm³/mol. The Morgan fingerprint density at radius 3 is 2.47 bits per heavy atom. The monoisotopic (exact) mass is 230 g/mol. The maximum Gasteiger partial charge on any atom is 0.0307 e. The molecule has 1 atom stereocenters. The van der Waals surface area contributed by atoms with Crippen LogP contribution in [-0.4, -0.2) is 6.04 Å². The molecule has 0 aromatic heterocycles. The van der Waals surface area contributed by atoms with Gasteiger partial charge in [-0.05, 0) is 37.2 Å². The predicted octanol–water partition coefficient (Wildman–Crippen LogP) is 2.74. The van der Waals surface area contributed by atoms with E-state index >= 15 is 0 Å². The van der Waals surface area contributed by atoms with Crippen LogP contribution in [-0.2, 0) is 5.41 Å². The first-order valence-electron chi connectivity index (χ1n) is 6.87. The average molecular weight is 230 g/mol. The Morgan fingerprint density at radius 2 is 1.94 bits per heavy atom. The second-order valence-corrected chi connectivity index (χ2v) is 5.76. The van der Waals surface area contributed by atoms with Crippen LogP contribution >= 0.6 is 0 Å². The van der Waals surface area contributed by atoms with Crippen LogP contribution in [0, 0.1) is 5.92 Å². The lowest BCUT2D eigenvalue weighted by Gasteiger charge is -2.27. The third kappa shape index (κ3) is 2.24. The van der Waals surface area contributed by atoms with Gasteiger partial charge in [-0.1, -0.05) is 43.2 Å². The average Bonchev–Trinajstić information content (AvgIpc) is 3.26. The van der Waals surface area contributed by atoms with E-state index in [1.165, 1.54) is 44.1 Å². The lowest BCUT2D eigenvalue weighted by molar-refractivity contribution is 0.382. The molecule has 3 N–H and O–H groups in total. The summed E-state index contributed by atoms with van der Waals surface area (Å²) < 4.78 is 0. The molecule has 0 saturated heterocycles. The minimum Gasteiger partial charge on any atom is -0.271 e. The van der Waals surface area contributed by atoms with Gasteiger partial charge in [-0.3, -0.25) is 11.3 Å². The highest BCUT2D eigenvalue weighted by Gasteiger charge is 2.50. The van der Waals surface area contributed by atoms with Crippen molar-refractivity contribution < 1.29 is 0 Å². The van der Waals surface area contributed by atoms with E-state index in [1.807, 2.05) is 0 Å². The van der Waals surface area contributed by atoms with E-state index in [9.17, 15) is 0 Å². The molecule has 3 rings (SSSR count). The molecular weight excluding hydrogens is 208 g/mol. The molecular formula is C15H22N2. The van der Waals surface area contributed by atoms with E-state index in [2.05, 4.69) is 35.8 Å². The summed E-state index contributed by atoms with van der Waals surface area (Å²) in [6.45, 7) is 0. The largest absolute Gasteiger partial charge is 0.271 e. The van der Waals surface area contributed by atoms with Crippen LogP contribution in [0.2, 0.25) is 0 Å². The molecule has 2 aliphatic carbocycles. The minimum atomic E-state index is 0.338. The Bertz CT molecular complexity index is 366. The maximum atomic E-state index is 5.79. The van der Waals surface area contributed by atoms with Gasteiger partial charge in [0.2, 0.25) is 0 Å². The standard InChI is InChI=1S/C15H22N2/c16-17-14(9-8-12-6-7-12)15(10-11-15)13-4-2-1-3-5-13/h1-5,12,14,17H,6-11,16H2. The fourth-order valence-corrected chi connectivity index (χ4v) is 3.07. The molecule has 2 saturated carbocycles. The highest BCUT2D eigenvalue weighted by molar-refractivity contribution is 5.33. The Kier molecular flexibility index (Phi) is 2.93. The highest BCUT2D eigenvalue weighted by Crippen LogP contribution is 2.52. The summed E-state index contributed by atoms with van der Waals surface area (Å²) in [6.07, 6.45) is 8.04. The molecule has 1 aromatic rings. The van der Waals surface area contributed by atoms with Gasteiger partial charge in [0.1, 0.15) is 0 Å². The van der Waals surface area contributed by atoms with Crippen molar-refractivity contribution in [3.63, 3.8) is 0 Å². The molecule has 2 fully saturated rings. The van der Waals surface area contributed by atoms with E-state index in [0.29, 0.717) is 11.5 Å². The molecule has 0 radical (unpaired) electrons. The van der Waals surface area contributed by atoms with Crippen molar-refractivity contribution in [2.45, 2.75) is 50.0 Å². The first-order valence-corrected chi connectivity index (χ1v) is 6.87.